The molecule has 0 saturated carbocycles. The van der Waals surface area contributed by atoms with E-state index in [0.717, 1.165) is 10.2 Å². The molecular formula is C26H23N3O4S2. The summed E-state index contributed by atoms with van der Waals surface area (Å²) in [5, 5.41) is 0. The van der Waals surface area contributed by atoms with Crippen molar-refractivity contribution in [3.05, 3.63) is 83.2 Å². The SMILES string of the molecule is C#CCn1c(=NC(=O)c2ccc(S(=O)(=O)N(CC)c3ccccc3)cc2)sc2cccc(OC)c21. The number of hydrogen-bond acceptors (Lipinski definition) is 5. The summed E-state index contributed by atoms with van der Waals surface area (Å²) in [5.74, 6) is 2.73. The highest BCUT2D eigenvalue weighted by Gasteiger charge is 2.23. The van der Waals surface area contributed by atoms with Gasteiger partial charge in [0.05, 0.1) is 28.9 Å². The Labute approximate surface area is 208 Å². The molecule has 0 radical (unpaired) electrons. The van der Waals surface area contributed by atoms with Crippen LogP contribution >= 0.6 is 11.3 Å². The van der Waals surface area contributed by atoms with E-state index >= 15 is 0 Å². The minimum absolute atomic E-state index is 0.0914. The van der Waals surface area contributed by atoms with E-state index in [1.54, 1.807) is 42.9 Å². The average Bonchev–Trinajstić information content (AvgIpc) is 3.22. The summed E-state index contributed by atoms with van der Waals surface area (Å²) in [6.07, 6.45) is 5.55. The topological polar surface area (TPSA) is 81.0 Å². The number of anilines is 1. The molecule has 0 aliphatic carbocycles. The third kappa shape index (κ3) is 4.71. The van der Waals surface area contributed by atoms with E-state index in [4.69, 9.17) is 11.2 Å². The molecule has 4 rings (SSSR count). The normalized spacial score (nSPS) is 11.9. The van der Waals surface area contributed by atoms with Gasteiger partial charge in [-0.05, 0) is 55.5 Å². The predicted molar refractivity (Wildman–Crippen MR) is 138 cm³/mol. The molecule has 35 heavy (non-hydrogen) atoms. The quantitative estimate of drug-likeness (QED) is 0.351. The van der Waals surface area contributed by atoms with E-state index in [-0.39, 0.29) is 23.5 Å². The Morgan fingerprint density at radius 2 is 1.80 bits per heavy atom. The highest BCUT2D eigenvalue weighted by molar-refractivity contribution is 7.92. The Hall–Kier alpha value is -3.87. The van der Waals surface area contributed by atoms with E-state index in [9.17, 15) is 13.2 Å². The van der Waals surface area contributed by atoms with Gasteiger partial charge in [0.15, 0.2) is 4.80 Å². The van der Waals surface area contributed by atoms with Crippen molar-refractivity contribution < 1.29 is 17.9 Å². The lowest BCUT2D eigenvalue weighted by Gasteiger charge is -2.22. The highest BCUT2D eigenvalue weighted by Crippen LogP contribution is 2.27. The minimum atomic E-state index is -3.79. The second-order valence-corrected chi connectivity index (χ2v) is 10.3. The number of hydrogen-bond donors (Lipinski definition) is 0. The fourth-order valence-corrected chi connectivity index (χ4v) is 6.24. The van der Waals surface area contributed by atoms with Gasteiger partial charge < -0.3 is 9.30 Å². The second kappa shape index (κ2) is 10.2. The van der Waals surface area contributed by atoms with Crippen molar-refractivity contribution in [1.82, 2.24) is 4.57 Å². The largest absolute Gasteiger partial charge is 0.495 e. The molecule has 0 spiro atoms. The maximum atomic E-state index is 13.2. The van der Waals surface area contributed by atoms with Gasteiger partial charge >= 0.3 is 0 Å². The van der Waals surface area contributed by atoms with Crippen LogP contribution in [0.3, 0.4) is 0 Å². The monoisotopic (exact) mass is 505 g/mol. The molecule has 0 unspecified atom stereocenters. The van der Waals surface area contributed by atoms with E-state index in [0.29, 0.717) is 16.2 Å². The number of thiazole rings is 1. The van der Waals surface area contributed by atoms with Gasteiger partial charge in [-0.25, -0.2) is 8.42 Å². The molecule has 0 saturated heterocycles. The molecule has 178 valence electrons. The summed E-state index contributed by atoms with van der Waals surface area (Å²) >= 11 is 1.33. The minimum Gasteiger partial charge on any atom is -0.495 e. The molecule has 3 aromatic carbocycles. The number of carbonyl (C=O) groups excluding carboxylic acids is 1. The molecule has 9 heteroatoms. The molecular weight excluding hydrogens is 482 g/mol. The number of ether oxygens (including phenoxy) is 1. The molecule has 0 N–H and O–H groups in total. The van der Waals surface area contributed by atoms with Crippen LogP contribution in [0.5, 0.6) is 5.75 Å². The van der Waals surface area contributed by atoms with Crippen LogP contribution in [-0.2, 0) is 16.6 Å². The summed E-state index contributed by atoms with van der Waals surface area (Å²) in [6.45, 7) is 2.26. The van der Waals surface area contributed by atoms with Gasteiger partial charge in [0.2, 0.25) is 0 Å². The van der Waals surface area contributed by atoms with Crippen LogP contribution in [0.15, 0.2) is 82.7 Å². The number of carbonyl (C=O) groups is 1. The van der Waals surface area contributed by atoms with Crippen molar-refractivity contribution >= 4 is 43.2 Å². The van der Waals surface area contributed by atoms with E-state index in [1.165, 1.54) is 39.9 Å². The van der Waals surface area contributed by atoms with Crippen molar-refractivity contribution in [1.29, 1.82) is 0 Å². The zero-order valence-electron chi connectivity index (χ0n) is 19.2. The first kappa shape index (κ1) is 24.3. The van der Waals surface area contributed by atoms with Crippen LogP contribution in [0, 0.1) is 12.3 Å². The average molecular weight is 506 g/mol. The van der Waals surface area contributed by atoms with E-state index < -0.39 is 15.9 Å². The standard InChI is InChI=1S/C26H23N3O4S2/c1-4-18-28-24-22(33-3)12-9-13-23(24)34-26(28)27-25(30)19-14-16-21(17-15-19)35(31,32)29(5-2)20-10-7-6-8-11-20/h1,6-17H,5,18H2,2-3H3. The summed E-state index contributed by atoms with van der Waals surface area (Å²) in [7, 11) is -2.22. The van der Waals surface area contributed by atoms with Gasteiger partial charge in [-0.3, -0.25) is 9.10 Å². The molecule has 0 fully saturated rings. The molecule has 4 aromatic rings. The Balaban J connectivity index is 1.69. The summed E-state index contributed by atoms with van der Waals surface area (Å²) in [6, 6.07) is 20.2. The maximum absolute atomic E-state index is 13.2. The number of methoxy groups -OCH3 is 1. The lowest BCUT2D eigenvalue weighted by atomic mass is 10.2. The Kier molecular flexibility index (Phi) is 7.05. The molecule has 1 aromatic heterocycles. The Bertz CT molecular complexity index is 1580. The number of benzene rings is 3. The fourth-order valence-electron chi connectivity index (χ4n) is 3.72. The van der Waals surface area contributed by atoms with Crippen LogP contribution in [-0.4, -0.2) is 32.5 Å². The third-order valence-electron chi connectivity index (χ3n) is 5.35. The molecule has 0 bridgehead atoms. The molecule has 0 aliphatic heterocycles. The summed E-state index contributed by atoms with van der Waals surface area (Å²) in [4.78, 5) is 17.8. The Morgan fingerprint density at radius 3 is 2.43 bits per heavy atom. The number of amides is 1. The molecule has 0 aliphatic rings. The molecule has 0 atom stereocenters. The van der Waals surface area contributed by atoms with E-state index in [2.05, 4.69) is 10.9 Å². The van der Waals surface area contributed by atoms with Gasteiger partial charge in [0.1, 0.15) is 11.3 Å². The fraction of sp³-hybridized carbons (Fsp3) is 0.154. The lowest BCUT2D eigenvalue weighted by Crippen LogP contribution is -2.30. The predicted octanol–water partition coefficient (Wildman–Crippen LogP) is 4.30. The van der Waals surface area contributed by atoms with Gasteiger partial charge in [0, 0.05) is 12.1 Å². The van der Waals surface area contributed by atoms with Crippen LogP contribution in [0.25, 0.3) is 10.2 Å². The zero-order valence-corrected chi connectivity index (χ0v) is 20.8. The second-order valence-electron chi connectivity index (χ2n) is 7.43. The number of rotatable bonds is 7. The molecule has 1 heterocycles. The number of sulfonamides is 1. The van der Waals surface area contributed by atoms with Gasteiger partial charge in [0.25, 0.3) is 15.9 Å². The number of fused-ring (bicyclic) bond motifs is 1. The number of nitrogens with zero attached hydrogens (tertiary/aromatic N) is 3. The van der Waals surface area contributed by atoms with Crippen LogP contribution in [0.1, 0.15) is 17.3 Å². The van der Waals surface area contributed by atoms with Crippen LogP contribution in [0.4, 0.5) is 5.69 Å². The lowest BCUT2D eigenvalue weighted by molar-refractivity contribution is 0.0997. The number of terminal acetylenes is 1. The van der Waals surface area contributed by atoms with Gasteiger partial charge in [-0.1, -0.05) is 41.5 Å². The molecule has 1 amide bonds. The van der Waals surface area contributed by atoms with E-state index in [1.807, 2.05) is 24.3 Å². The summed E-state index contributed by atoms with van der Waals surface area (Å²) in [5.41, 5.74) is 1.61. The van der Waals surface area contributed by atoms with Crippen LogP contribution in [0.2, 0.25) is 0 Å². The van der Waals surface area contributed by atoms with Crippen molar-refractivity contribution in [2.75, 3.05) is 18.0 Å². The smallest absolute Gasteiger partial charge is 0.279 e. The van der Waals surface area contributed by atoms with Crippen molar-refractivity contribution in [2.45, 2.75) is 18.4 Å². The zero-order chi connectivity index (χ0) is 25.0. The number of para-hydroxylation sites is 2. The first-order valence-electron chi connectivity index (χ1n) is 10.8. The first-order valence-corrected chi connectivity index (χ1v) is 13.0. The maximum Gasteiger partial charge on any atom is 0.279 e. The van der Waals surface area contributed by atoms with Crippen molar-refractivity contribution in [3.63, 3.8) is 0 Å². The van der Waals surface area contributed by atoms with Gasteiger partial charge in [-0.15, -0.1) is 6.42 Å². The molecule has 7 nitrogen and oxygen atoms in total. The van der Waals surface area contributed by atoms with Crippen LogP contribution < -0.4 is 13.8 Å². The van der Waals surface area contributed by atoms with Crippen molar-refractivity contribution in [3.8, 4) is 18.1 Å². The third-order valence-corrected chi connectivity index (χ3v) is 8.31. The first-order chi connectivity index (χ1) is 16.9. The highest BCUT2D eigenvalue weighted by atomic mass is 32.2. The van der Waals surface area contributed by atoms with Gasteiger partial charge in [-0.2, -0.15) is 4.99 Å². The number of aromatic nitrogens is 1. The van der Waals surface area contributed by atoms with Crippen molar-refractivity contribution in [2.24, 2.45) is 4.99 Å². The summed E-state index contributed by atoms with van der Waals surface area (Å²) < 4.78 is 35.8. The Morgan fingerprint density at radius 1 is 1.09 bits per heavy atom.